The molecule has 5 heteroatoms. The summed E-state index contributed by atoms with van der Waals surface area (Å²) in [5, 5.41) is 0. The van der Waals surface area contributed by atoms with Crippen molar-refractivity contribution in [2.24, 2.45) is 0 Å². The highest BCUT2D eigenvalue weighted by Gasteiger charge is 2.08. The van der Waals surface area contributed by atoms with E-state index >= 15 is 0 Å². The number of ether oxygens (including phenoxy) is 3. The number of aldehydes is 1. The minimum atomic E-state index is 0.605. The fraction of sp³-hybridized carbons (Fsp3) is 0.250. The highest BCUT2D eigenvalue weighted by atomic mass is 16.5. The second-order valence-electron chi connectivity index (χ2n) is 8.33. The van der Waals surface area contributed by atoms with Gasteiger partial charge >= 0.3 is 0 Å². The standard InChI is InChI=1S/C29H27NO3.C3H8O/c31-22-23-14-16-27(17-15-23)32-18-8-3-9-19-33-29-21-26(24-10-4-1-5-11-24)20-28(30-29)25-12-6-2-7-13-25;1-3-4-2/h1-2,4-7,10-17,20-22H,3,8-9,18-19H2;3H2,1-2H3. The molecule has 0 saturated heterocycles. The summed E-state index contributed by atoms with van der Waals surface area (Å²) < 4.78 is 16.3. The van der Waals surface area contributed by atoms with Crippen LogP contribution in [0.25, 0.3) is 22.4 Å². The number of benzene rings is 3. The third-order valence-corrected chi connectivity index (χ3v) is 5.59. The average Bonchev–Trinajstić information content (AvgIpc) is 2.98. The van der Waals surface area contributed by atoms with E-state index in [1.807, 2.05) is 61.5 Å². The third-order valence-electron chi connectivity index (χ3n) is 5.59. The Balaban J connectivity index is 0.000000886. The van der Waals surface area contributed by atoms with Gasteiger partial charge in [-0.1, -0.05) is 60.7 Å². The van der Waals surface area contributed by atoms with Crippen molar-refractivity contribution in [3.8, 4) is 34.0 Å². The van der Waals surface area contributed by atoms with Crippen LogP contribution in [-0.4, -0.2) is 38.2 Å². The zero-order valence-electron chi connectivity index (χ0n) is 21.6. The number of carbonyl (C=O) groups is 1. The smallest absolute Gasteiger partial charge is 0.214 e. The Morgan fingerprint density at radius 2 is 1.30 bits per heavy atom. The van der Waals surface area contributed by atoms with Crippen molar-refractivity contribution in [1.82, 2.24) is 4.98 Å². The lowest BCUT2D eigenvalue weighted by molar-refractivity contribution is 0.112. The minimum Gasteiger partial charge on any atom is -0.494 e. The summed E-state index contributed by atoms with van der Waals surface area (Å²) in [6.07, 6.45) is 3.68. The number of rotatable bonds is 12. The van der Waals surface area contributed by atoms with E-state index in [0.29, 0.717) is 24.7 Å². The van der Waals surface area contributed by atoms with Gasteiger partial charge in [-0.3, -0.25) is 4.79 Å². The number of nitrogens with zero attached hydrogens (tertiary/aromatic N) is 1. The van der Waals surface area contributed by atoms with Crippen molar-refractivity contribution >= 4 is 6.29 Å². The summed E-state index contributed by atoms with van der Waals surface area (Å²) >= 11 is 0. The molecule has 4 aromatic rings. The largest absolute Gasteiger partial charge is 0.494 e. The van der Waals surface area contributed by atoms with Crippen LogP contribution in [0, 0.1) is 0 Å². The van der Waals surface area contributed by atoms with Gasteiger partial charge in [-0.25, -0.2) is 4.98 Å². The van der Waals surface area contributed by atoms with Crippen LogP contribution < -0.4 is 9.47 Å². The van der Waals surface area contributed by atoms with Gasteiger partial charge in [0, 0.05) is 30.9 Å². The first-order valence-corrected chi connectivity index (χ1v) is 12.7. The Labute approximate surface area is 220 Å². The number of pyridine rings is 1. The molecule has 192 valence electrons. The van der Waals surface area contributed by atoms with Crippen molar-refractivity contribution in [2.45, 2.75) is 26.2 Å². The first-order chi connectivity index (χ1) is 18.2. The summed E-state index contributed by atoms with van der Waals surface area (Å²) in [6.45, 7) is 4.02. The fourth-order valence-electron chi connectivity index (χ4n) is 3.52. The lowest BCUT2D eigenvalue weighted by atomic mass is 10.0. The SMILES string of the molecule is CCOC.O=Cc1ccc(OCCCCCOc2cc(-c3ccccc3)cc(-c3ccccc3)n2)cc1. The third kappa shape index (κ3) is 9.54. The average molecular weight is 498 g/mol. The molecule has 0 N–H and O–H groups in total. The maximum absolute atomic E-state index is 10.7. The Kier molecular flexibility index (Phi) is 11.9. The Morgan fingerprint density at radius 3 is 1.89 bits per heavy atom. The lowest BCUT2D eigenvalue weighted by Crippen LogP contribution is -2.02. The predicted molar refractivity (Wildman–Crippen MR) is 149 cm³/mol. The van der Waals surface area contributed by atoms with Gasteiger partial charge in [0.1, 0.15) is 12.0 Å². The van der Waals surface area contributed by atoms with Crippen LogP contribution >= 0.6 is 0 Å². The van der Waals surface area contributed by atoms with Crippen LogP contribution in [0.15, 0.2) is 97.1 Å². The van der Waals surface area contributed by atoms with E-state index in [1.54, 1.807) is 19.2 Å². The molecule has 0 fully saturated rings. The minimum absolute atomic E-state index is 0.605. The van der Waals surface area contributed by atoms with Gasteiger partial charge in [0.2, 0.25) is 5.88 Å². The summed E-state index contributed by atoms with van der Waals surface area (Å²) in [7, 11) is 1.68. The molecular formula is C32H35NO4. The molecular weight excluding hydrogens is 462 g/mol. The normalized spacial score (nSPS) is 10.2. The molecule has 0 saturated carbocycles. The Morgan fingerprint density at radius 1 is 0.703 bits per heavy atom. The van der Waals surface area contributed by atoms with E-state index in [0.717, 1.165) is 60.3 Å². The highest BCUT2D eigenvalue weighted by Crippen LogP contribution is 2.28. The molecule has 0 atom stereocenters. The van der Waals surface area contributed by atoms with Crippen LogP contribution in [0.4, 0.5) is 0 Å². The molecule has 0 radical (unpaired) electrons. The van der Waals surface area contributed by atoms with Gasteiger partial charge in [0.25, 0.3) is 0 Å². The number of hydrogen-bond acceptors (Lipinski definition) is 5. The molecule has 1 aromatic heterocycles. The maximum atomic E-state index is 10.7. The highest BCUT2D eigenvalue weighted by molar-refractivity contribution is 5.74. The second kappa shape index (κ2) is 15.9. The summed E-state index contributed by atoms with van der Waals surface area (Å²) in [6, 6.07) is 31.7. The van der Waals surface area contributed by atoms with Gasteiger partial charge < -0.3 is 14.2 Å². The van der Waals surface area contributed by atoms with Gasteiger partial charge in [0.05, 0.1) is 18.9 Å². The Hall–Kier alpha value is -3.96. The molecule has 4 rings (SSSR count). The summed E-state index contributed by atoms with van der Waals surface area (Å²) in [4.78, 5) is 15.5. The van der Waals surface area contributed by atoms with Crippen molar-refractivity contribution in [1.29, 1.82) is 0 Å². The summed E-state index contributed by atoms with van der Waals surface area (Å²) in [5.41, 5.74) is 4.85. The van der Waals surface area contributed by atoms with E-state index < -0.39 is 0 Å². The second-order valence-corrected chi connectivity index (χ2v) is 8.33. The molecule has 1 heterocycles. The molecule has 0 spiro atoms. The first kappa shape index (κ1) is 27.6. The van der Waals surface area contributed by atoms with Gasteiger partial charge in [0.15, 0.2) is 0 Å². The fourth-order valence-corrected chi connectivity index (χ4v) is 3.52. The number of unbranched alkanes of at least 4 members (excludes halogenated alkanes) is 2. The number of hydrogen-bond donors (Lipinski definition) is 0. The van der Waals surface area contributed by atoms with E-state index in [4.69, 9.17) is 14.5 Å². The van der Waals surface area contributed by atoms with E-state index in [-0.39, 0.29) is 0 Å². The zero-order chi connectivity index (χ0) is 26.1. The van der Waals surface area contributed by atoms with Gasteiger partial charge in [-0.2, -0.15) is 0 Å². The van der Waals surface area contributed by atoms with E-state index in [1.165, 1.54) is 0 Å². The van der Waals surface area contributed by atoms with Crippen LogP contribution in [0.1, 0.15) is 36.5 Å². The predicted octanol–water partition coefficient (Wildman–Crippen LogP) is 7.51. The monoisotopic (exact) mass is 497 g/mol. The molecule has 0 bridgehead atoms. The molecule has 5 nitrogen and oxygen atoms in total. The number of methoxy groups -OCH3 is 1. The molecule has 0 unspecified atom stereocenters. The topological polar surface area (TPSA) is 57.7 Å². The van der Waals surface area contributed by atoms with Crippen molar-refractivity contribution in [2.75, 3.05) is 26.9 Å². The van der Waals surface area contributed by atoms with Crippen LogP contribution in [0.2, 0.25) is 0 Å². The molecule has 0 aliphatic heterocycles. The zero-order valence-corrected chi connectivity index (χ0v) is 21.6. The molecule has 0 aliphatic rings. The van der Waals surface area contributed by atoms with Gasteiger partial charge in [-0.15, -0.1) is 0 Å². The molecule has 0 aliphatic carbocycles. The summed E-state index contributed by atoms with van der Waals surface area (Å²) in [5.74, 6) is 1.42. The molecule has 0 amide bonds. The van der Waals surface area contributed by atoms with Crippen molar-refractivity contribution in [3.05, 3.63) is 103 Å². The maximum Gasteiger partial charge on any atom is 0.214 e. The first-order valence-electron chi connectivity index (χ1n) is 12.7. The Bertz CT molecular complexity index is 1120. The van der Waals surface area contributed by atoms with Crippen LogP contribution in [0.3, 0.4) is 0 Å². The molecule has 37 heavy (non-hydrogen) atoms. The van der Waals surface area contributed by atoms with Crippen molar-refractivity contribution in [3.63, 3.8) is 0 Å². The van der Waals surface area contributed by atoms with Crippen molar-refractivity contribution < 1.29 is 19.0 Å². The lowest BCUT2D eigenvalue weighted by Gasteiger charge is -2.11. The van der Waals surface area contributed by atoms with Gasteiger partial charge in [-0.05, 0) is 67.6 Å². The van der Waals surface area contributed by atoms with E-state index in [9.17, 15) is 4.79 Å². The van der Waals surface area contributed by atoms with Crippen LogP contribution in [-0.2, 0) is 4.74 Å². The van der Waals surface area contributed by atoms with E-state index in [2.05, 4.69) is 35.1 Å². The quantitative estimate of drug-likeness (QED) is 0.150. The van der Waals surface area contributed by atoms with Crippen LogP contribution in [0.5, 0.6) is 11.6 Å². The molecule has 3 aromatic carbocycles. The number of carbonyl (C=O) groups excluding carboxylic acids is 1. The number of aromatic nitrogens is 1.